The Morgan fingerprint density at radius 3 is 2.27 bits per heavy atom. The van der Waals surface area contributed by atoms with Crippen LogP contribution in [0.2, 0.25) is 0 Å². The summed E-state index contributed by atoms with van der Waals surface area (Å²) in [5, 5.41) is 0. The minimum Gasteiger partial charge on any atom is -0.341 e. The molecule has 2 amide bonds. The van der Waals surface area contributed by atoms with Gasteiger partial charge < -0.3 is 9.80 Å². The second kappa shape index (κ2) is 7.78. The summed E-state index contributed by atoms with van der Waals surface area (Å²) in [6.45, 7) is 6.05. The van der Waals surface area contributed by atoms with E-state index in [0.717, 1.165) is 5.56 Å². The van der Waals surface area contributed by atoms with Gasteiger partial charge in [-0.3, -0.25) is 9.59 Å². The number of benzene rings is 1. The van der Waals surface area contributed by atoms with Crippen LogP contribution in [0.15, 0.2) is 30.3 Å². The van der Waals surface area contributed by atoms with E-state index in [4.69, 9.17) is 0 Å². The zero-order chi connectivity index (χ0) is 19.5. The Labute approximate surface area is 156 Å². The van der Waals surface area contributed by atoms with Crippen LogP contribution in [0.25, 0.3) is 0 Å². The summed E-state index contributed by atoms with van der Waals surface area (Å²) in [6, 6.07) is 9.28. The first-order chi connectivity index (χ1) is 12.1. The number of hydrogen-bond acceptors (Lipinski definition) is 4. The van der Waals surface area contributed by atoms with E-state index in [-0.39, 0.29) is 29.4 Å². The summed E-state index contributed by atoms with van der Waals surface area (Å²) in [4.78, 5) is 29.1. The highest BCUT2D eigenvalue weighted by atomic mass is 32.2. The SMILES string of the molecule is CCN(Cc1ccccc1)C(=O)C(C)(C)C(=O)N(C)C1CCS(=O)(=O)C1. The fourth-order valence-corrected chi connectivity index (χ4v) is 5.08. The van der Waals surface area contributed by atoms with E-state index in [1.54, 1.807) is 25.8 Å². The van der Waals surface area contributed by atoms with Gasteiger partial charge in [0.05, 0.1) is 11.5 Å². The fourth-order valence-electron chi connectivity index (χ4n) is 3.31. The van der Waals surface area contributed by atoms with Gasteiger partial charge in [-0.05, 0) is 32.8 Å². The molecule has 1 unspecified atom stereocenters. The molecular weight excluding hydrogens is 352 g/mol. The summed E-state index contributed by atoms with van der Waals surface area (Å²) in [7, 11) is -1.50. The third-order valence-electron chi connectivity index (χ3n) is 5.03. The van der Waals surface area contributed by atoms with Crippen molar-refractivity contribution in [3.05, 3.63) is 35.9 Å². The fraction of sp³-hybridized carbons (Fsp3) is 0.579. The van der Waals surface area contributed by atoms with E-state index in [9.17, 15) is 18.0 Å². The molecule has 0 N–H and O–H groups in total. The molecule has 2 rings (SSSR count). The molecule has 0 spiro atoms. The Hall–Kier alpha value is -1.89. The maximum atomic E-state index is 13.0. The highest BCUT2D eigenvalue weighted by Crippen LogP contribution is 2.26. The Kier molecular flexibility index (Phi) is 6.11. The Morgan fingerprint density at radius 1 is 1.15 bits per heavy atom. The molecule has 1 fully saturated rings. The summed E-state index contributed by atoms with van der Waals surface area (Å²) < 4.78 is 23.4. The number of sulfone groups is 1. The number of hydrogen-bond donors (Lipinski definition) is 0. The predicted molar refractivity (Wildman–Crippen MR) is 101 cm³/mol. The molecule has 1 heterocycles. The second-order valence-corrected chi connectivity index (χ2v) is 9.63. The van der Waals surface area contributed by atoms with E-state index < -0.39 is 15.3 Å². The quantitative estimate of drug-likeness (QED) is 0.704. The van der Waals surface area contributed by atoms with Crippen molar-refractivity contribution in [1.82, 2.24) is 9.80 Å². The van der Waals surface area contributed by atoms with Crippen molar-refractivity contribution in [2.45, 2.75) is 39.8 Å². The predicted octanol–water partition coefficient (Wildman–Crippen LogP) is 1.71. The van der Waals surface area contributed by atoms with Gasteiger partial charge in [0.25, 0.3) is 0 Å². The lowest BCUT2D eigenvalue weighted by Crippen LogP contribution is -2.52. The normalized spacial score (nSPS) is 19.2. The zero-order valence-electron chi connectivity index (χ0n) is 15.9. The topological polar surface area (TPSA) is 74.8 Å². The van der Waals surface area contributed by atoms with Crippen LogP contribution in [0.1, 0.15) is 32.8 Å². The standard InChI is InChI=1S/C19H28N2O4S/c1-5-21(13-15-9-7-6-8-10-15)18(23)19(2,3)17(22)20(4)16-11-12-26(24,25)14-16/h6-10,16H,5,11-14H2,1-4H3. The van der Waals surface area contributed by atoms with Crippen molar-refractivity contribution in [2.24, 2.45) is 5.41 Å². The second-order valence-electron chi connectivity index (χ2n) is 7.40. The average molecular weight is 381 g/mol. The molecule has 1 aliphatic heterocycles. The van der Waals surface area contributed by atoms with Crippen LogP contribution in [-0.2, 0) is 26.0 Å². The van der Waals surface area contributed by atoms with Crippen molar-refractivity contribution in [2.75, 3.05) is 25.1 Å². The molecule has 1 saturated heterocycles. The van der Waals surface area contributed by atoms with Gasteiger partial charge in [-0.1, -0.05) is 30.3 Å². The van der Waals surface area contributed by atoms with Crippen LogP contribution in [0.3, 0.4) is 0 Å². The first-order valence-corrected chi connectivity index (χ1v) is 10.7. The summed E-state index contributed by atoms with van der Waals surface area (Å²) in [5.41, 5.74) is -0.243. The van der Waals surface area contributed by atoms with Crippen molar-refractivity contribution in [3.63, 3.8) is 0 Å². The molecule has 1 aromatic carbocycles. The monoisotopic (exact) mass is 380 g/mol. The first-order valence-electron chi connectivity index (χ1n) is 8.89. The first kappa shape index (κ1) is 20.4. The highest BCUT2D eigenvalue weighted by Gasteiger charge is 2.43. The molecule has 1 aromatic rings. The lowest BCUT2D eigenvalue weighted by molar-refractivity contribution is -0.154. The van der Waals surface area contributed by atoms with E-state index >= 15 is 0 Å². The van der Waals surface area contributed by atoms with Gasteiger partial charge in [-0.25, -0.2) is 8.42 Å². The van der Waals surface area contributed by atoms with Gasteiger partial charge in [0.2, 0.25) is 11.8 Å². The molecule has 6 nitrogen and oxygen atoms in total. The van der Waals surface area contributed by atoms with E-state index in [1.165, 1.54) is 4.90 Å². The molecule has 26 heavy (non-hydrogen) atoms. The molecule has 1 aliphatic rings. The van der Waals surface area contributed by atoms with Crippen LogP contribution in [0.4, 0.5) is 0 Å². The molecule has 7 heteroatoms. The molecule has 0 aromatic heterocycles. The third-order valence-corrected chi connectivity index (χ3v) is 6.78. The van der Waals surface area contributed by atoms with Gasteiger partial charge in [-0.2, -0.15) is 0 Å². The highest BCUT2D eigenvalue weighted by molar-refractivity contribution is 7.91. The van der Waals surface area contributed by atoms with E-state index in [2.05, 4.69) is 0 Å². The van der Waals surface area contributed by atoms with E-state index in [0.29, 0.717) is 19.5 Å². The molecule has 0 saturated carbocycles. The van der Waals surface area contributed by atoms with Gasteiger partial charge in [-0.15, -0.1) is 0 Å². The third kappa shape index (κ3) is 4.44. The maximum Gasteiger partial charge on any atom is 0.237 e. The largest absolute Gasteiger partial charge is 0.341 e. The minimum atomic E-state index is -3.09. The van der Waals surface area contributed by atoms with Crippen LogP contribution in [0.5, 0.6) is 0 Å². The van der Waals surface area contributed by atoms with Crippen molar-refractivity contribution >= 4 is 21.7 Å². The molecule has 0 bridgehead atoms. The molecular formula is C19H28N2O4S. The molecule has 144 valence electrons. The lowest BCUT2D eigenvalue weighted by atomic mass is 9.88. The number of amides is 2. The lowest BCUT2D eigenvalue weighted by Gasteiger charge is -2.35. The van der Waals surface area contributed by atoms with Crippen molar-refractivity contribution < 1.29 is 18.0 Å². The van der Waals surface area contributed by atoms with Crippen LogP contribution in [0, 0.1) is 5.41 Å². The average Bonchev–Trinajstić information content (AvgIpc) is 2.98. The van der Waals surface area contributed by atoms with Gasteiger partial charge in [0.1, 0.15) is 5.41 Å². The Bertz CT molecular complexity index is 759. The van der Waals surface area contributed by atoms with Crippen LogP contribution in [-0.4, -0.2) is 61.2 Å². The summed E-state index contributed by atoms with van der Waals surface area (Å²) >= 11 is 0. The van der Waals surface area contributed by atoms with Gasteiger partial charge in [0.15, 0.2) is 9.84 Å². The number of rotatable bonds is 6. The van der Waals surface area contributed by atoms with E-state index in [1.807, 2.05) is 37.3 Å². The Balaban J connectivity index is 2.13. The van der Waals surface area contributed by atoms with Crippen molar-refractivity contribution in [1.29, 1.82) is 0 Å². The van der Waals surface area contributed by atoms with Gasteiger partial charge in [0, 0.05) is 26.2 Å². The number of carbonyl (C=O) groups is 2. The summed E-state index contributed by atoms with van der Waals surface area (Å²) in [6.07, 6.45) is 0.427. The van der Waals surface area contributed by atoms with Crippen molar-refractivity contribution in [3.8, 4) is 0 Å². The minimum absolute atomic E-state index is 0.0268. The summed E-state index contributed by atoms with van der Waals surface area (Å²) in [5.74, 6) is -0.516. The van der Waals surface area contributed by atoms with Crippen LogP contribution >= 0.6 is 0 Å². The number of nitrogens with zero attached hydrogens (tertiary/aromatic N) is 2. The van der Waals surface area contributed by atoms with Gasteiger partial charge >= 0.3 is 0 Å². The smallest absolute Gasteiger partial charge is 0.237 e. The number of carbonyl (C=O) groups excluding carboxylic acids is 2. The Morgan fingerprint density at radius 2 is 1.77 bits per heavy atom. The molecule has 0 aliphatic carbocycles. The molecule has 1 atom stereocenters. The maximum absolute atomic E-state index is 13.0. The zero-order valence-corrected chi connectivity index (χ0v) is 16.8. The van der Waals surface area contributed by atoms with Crippen LogP contribution < -0.4 is 0 Å². The molecule has 0 radical (unpaired) electrons.